The minimum absolute atomic E-state index is 0.0866. The van der Waals surface area contributed by atoms with Gasteiger partial charge in [0.15, 0.2) is 0 Å². The van der Waals surface area contributed by atoms with Gasteiger partial charge in [-0.05, 0) is 31.5 Å². The van der Waals surface area contributed by atoms with Gasteiger partial charge in [-0.2, -0.15) is 9.40 Å². The summed E-state index contributed by atoms with van der Waals surface area (Å²) >= 11 is 0. The van der Waals surface area contributed by atoms with Crippen LogP contribution in [0.4, 0.5) is 5.69 Å². The number of piperazine rings is 1. The zero-order valence-corrected chi connectivity index (χ0v) is 19.0. The average molecular weight is 470 g/mol. The molecule has 2 aromatic carbocycles. The highest BCUT2D eigenvalue weighted by Crippen LogP contribution is 2.26. The van der Waals surface area contributed by atoms with Gasteiger partial charge in [0.1, 0.15) is 0 Å². The number of benzene rings is 2. The van der Waals surface area contributed by atoms with E-state index in [0.717, 1.165) is 11.8 Å². The van der Waals surface area contributed by atoms with Crippen molar-refractivity contribution in [2.75, 3.05) is 26.2 Å². The van der Waals surface area contributed by atoms with E-state index in [1.165, 1.54) is 22.6 Å². The monoisotopic (exact) mass is 469 g/mol. The predicted molar refractivity (Wildman–Crippen MR) is 121 cm³/mol. The molecule has 0 aliphatic carbocycles. The summed E-state index contributed by atoms with van der Waals surface area (Å²) in [5.41, 5.74) is 2.16. The summed E-state index contributed by atoms with van der Waals surface area (Å²) in [6.07, 6.45) is 1.53. The fourth-order valence-electron chi connectivity index (χ4n) is 3.87. The van der Waals surface area contributed by atoms with Crippen LogP contribution in [0.25, 0.3) is 5.69 Å². The number of sulfonamides is 1. The molecule has 1 aromatic heterocycles. The third kappa shape index (κ3) is 4.24. The maximum Gasteiger partial charge on any atom is 0.270 e. The second-order valence-electron chi connectivity index (χ2n) is 7.79. The Morgan fingerprint density at radius 3 is 2.33 bits per heavy atom. The van der Waals surface area contributed by atoms with Gasteiger partial charge in [-0.15, -0.1) is 0 Å². The number of hydrogen-bond donors (Lipinski definition) is 0. The Morgan fingerprint density at radius 1 is 1.03 bits per heavy atom. The number of carbonyl (C=O) groups excluding carboxylic acids is 1. The zero-order chi connectivity index (χ0) is 23.8. The molecule has 0 radical (unpaired) electrons. The summed E-state index contributed by atoms with van der Waals surface area (Å²) in [7, 11) is -3.93. The van der Waals surface area contributed by atoms with Crippen molar-refractivity contribution in [3.8, 4) is 5.69 Å². The predicted octanol–water partition coefficient (Wildman–Crippen LogP) is 2.54. The molecule has 1 saturated heterocycles. The summed E-state index contributed by atoms with van der Waals surface area (Å²) in [5.74, 6) is -0.210. The molecule has 172 valence electrons. The van der Waals surface area contributed by atoms with E-state index in [-0.39, 0.29) is 42.7 Å². The molecule has 0 atom stereocenters. The first-order valence-electron chi connectivity index (χ1n) is 10.3. The van der Waals surface area contributed by atoms with Gasteiger partial charge in [-0.1, -0.05) is 24.3 Å². The lowest BCUT2D eigenvalue weighted by Gasteiger charge is -2.34. The molecule has 1 aliphatic heterocycles. The topological polar surface area (TPSA) is 119 Å². The number of hydrogen-bond acceptors (Lipinski definition) is 6. The average Bonchev–Trinajstić information content (AvgIpc) is 3.20. The van der Waals surface area contributed by atoms with Crippen molar-refractivity contribution in [2.24, 2.45) is 0 Å². The number of aryl methyl sites for hydroxylation is 1. The lowest BCUT2D eigenvalue weighted by Crippen LogP contribution is -2.50. The Labute approximate surface area is 191 Å². The molecule has 33 heavy (non-hydrogen) atoms. The number of rotatable bonds is 5. The zero-order valence-electron chi connectivity index (χ0n) is 18.2. The minimum atomic E-state index is -3.93. The number of carbonyl (C=O) groups is 1. The van der Waals surface area contributed by atoms with Crippen LogP contribution in [0.15, 0.2) is 59.6 Å². The Balaban J connectivity index is 1.49. The van der Waals surface area contributed by atoms with Crippen LogP contribution in [0.1, 0.15) is 21.6 Å². The van der Waals surface area contributed by atoms with Crippen LogP contribution in [0, 0.1) is 24.0 Å². The number of aromatic nitrogens is 2. The molecule has 11 heteroatoms. The van der Waals surface area contributed by atoms with Gasteiger partial charge in [-0.25, -0.2) is 13.1 Å². The maximum atomic E-state index is 13.1. The number of nitrogens with zero attached hydrogens (tertiary/aromatic N) is 5. The first kappa shape index (κ1) is 22.6. The highest BCUT2D eigenvalue weighted by Gasteiger charge is 2.33. The van der Waals surface area contributed by atoms with Crippen LogP contribution in [-0.2, 0) is 10.0 Å². The minimum Gasteiger partial charge on any atom is -0.336 e. The first-order chi connectivity index (χ1) is 15.7. The van der Waals surface area contributed by atoms with Gasteiger partial charge in [0.25, 0.3) is 11.6 Å². The van der Waals surface area contributed by atoms with Gasteiger partial charge < -0.3 is 4.90 Å². The molecule has 0 saturated carbocycles. The Bertz CT molecular complexity index is 1310. The number of nitro benzene ring substituents is 1. The quantitative estimate of drug-likeness (QED) is 0.419. The highest BCUT2D eigenvalue weighted by molar-refractivity contribution is 7.89. The first-order valence-corrected chi connectivity index (χ1v) is 11.8. The second kappa shape index (κ2) is 8.75. The molecule has 4 rings (SSSR count). The van der Waals surface area contributed by atoms with E-state index in [0.29, 0.717) is 16.8 Å². The van der Waals surface area contributed by atoms with Gasteiger partial charge in [0.2, 0.25) is 10.0 Å². The smallest absolute Gasteiger partial charge is 0.270 e. The third-order valence-electron chi connectivity index (χ3n) is 5.77. The third-order valence-corrected chi connectivity index (χ3v) is 7.81. The van der Waals surface area contributed by atoms with Crippen molar-refractivity contribution < 1.29 is 18.1 Å². The van der Waals surface area contributed by atoms with Crippen LogP contribution >= 0.6 is 0 Å². The van der Waals surface area contributed by atoms with E-state index in [1.807, 2.05) is 37.3 Å². The number of non-ortho nitro benzene ring substituents is 1. The van der Waals surface area contributed by atoms with Crippen molar-refractivity contribution in [2.45, 2.75) is 18.7 Å². The van der Waals surface area contributed by atoms with E-state index >= 15 is 0 Å². The molecule has 1 aliphatic rings. The van der Waals surface area contributed by atoms with Crippen molar-refractivity contribution in [3.63, 3.8) is 0 Å². The van der Waals surface area contributed by atoms with Gasteiger partial charge in [0, 0.05) is 38.3 Å². The standard InChI is InChI=1S/C22H23N5O5S/c1-16-8-9-19(27(29)30)14-21(16)33(31,32)25-12-10-24(11-13-25)22(28)20-15-23-26(17(20)2)18-6-4-3-5-7-18/h3-9,14-15H,10-13H2,1-2H3. The number of amides is 1. The van der Waals surface area contributed by atoms with Gasteiger partial charge >= 0.3 is 0 Å². The van der Waals surface area contributed by atoms with Crippen molar-refractivity contribution in [3.05, 3.63) is 81.7 Å². The van der Waals surface area contributed by atoms with E-state index in [9.17, 15) is 23.3 Å². The fourth-order valence-corrected chi connectivity index (χ4v) is 5.54. The van der Waals surface area contributed by atoms with Crippen molar-refractivity contribution in [1.29, 1.82) is 0 Å². The molecular formula is C22H23N5O5S. The van der Waals surface area contributed by atoms with E-state index in [1.54, 1.807) is 16.5 Å². The Morgan fingerprint density at radius 2 is 1.70 bits per heavy atom. The van der Waals surface area contributed by atoms with Crippen molar-refractivity contribution >= 4 is 21.6 Å². The van der Waals surface area contributed by atoms with Gasteiger partial charge in [-0.3, -0.25) is 14.9 Å². The second-order valence-corrected chi connectivity index (χ2v) is 9.70. The van der Waals surface area contributed by atoms with E-state index in [4.69, 9.17) is 0 Å². The summed E-state index contributed by atoms with van der Waals surface area (Å²) in [6.45, 7) is 4.04. The molecular weight excluding hydrogens is 446 g/mol. The summed E-state index contributed by atoms with van der Waals surface area (Å²) in [6, 6.07) is 13.3. The van der Waals surface area contributed by atoms with E-state index in [2.05, 4.69) is 5.10 Å². The molecule has 3 aromatic rings. The Kier molecular flexibility index (Phi) is 6.00. The lowest BCUT2D eigenvalue weighted by atomic mass is 10.2. The molecule has 0 bridgehead atoms. The van der Waals surface area contributed by atoms with Gasteiger partial charge in [0.05, 0.1) is 33.0 Å². The molecule has 1 amide bonds. The molecule has 10 nitrogen and oxygen atoms in total. The van der Waals surface area contributed by atoms with E-state index < -0.39 is 14.9 Å². The number of para-hydroxylation sites is 1. The summed E-state index contributed by atoms with van der Waals surface area (Å²) < 4.78 is 29.2. The van der Waals surface area contributed by atoms with Crippen LogP contribution in [-0.4, -0.2) is 64.4 Å². The van der Waals surface area contributed by atoms with Crippen LogP contribution in [0.3, 0.4) is 0 Å². The summed E-state index contributed by atoms with van der Waals surface area (Å²) in [5, 5.41) is 15.4. The number of nitro groups is 1. The van der Waals surface area contributed by atoms with Crippen LogP contribution in [0.2, 0.25) is 0 Å². The molecule has 1 fully saturated rings. The SMILES string of the molecule is Cc1ccc([N+](=O)[O-])cc1S(=O)(=O)N1CCN(C(=O)c2cnn(-c3ccccc3)c2C)CC1. The fraction of sp³-hybridized carbons (Fsp3) is 0.273. The lowest BCUT2D eigenvalue weighted by molar-refractivity contribution is -0.385. The normalized spacial score (nSPS) is 14.9. The maximum absolute atomic E-state index is 13.1. The summed E-state index contributed by atoms with van der Waals surface area (Å²) in [4.78, 5) is 25.1. The van der Waals surface area contributed by atoms with Crippen LogP contribution < -0.4 is 0 Å². The van der Waals surface area contributed by atoms with Crippen molar-refractivity contribution in [1.82, 2.24) is 19.0 Å². The molecule has 0 N–H and O–H groups in total. The highest BCUT2D eigenvalue weighted by atomic mass is 32.2. The molecule has 0 spiro atoms. The molecule has 0 unspecified atom stereocenters. The van der Waals surface area contributed by atoms with Crippen LogP contribution in [0.5, 0.6) is 0 Å². The molecule has 2 heterocycles. The Hall–Kier alpha value is -3.57. The largest absolute Gasteiger partial charge is 0.336 e.